The number of pyridine rings is 1. The number of hydrogen-bond acceptors (Lipinski definition) is 3. The van der Waals surface area contributed by atoms with Gasteiger partial charge in [-0.25, -0.2) is 0 Å². The molecular formula is C13H9NO3. The second kappa shape index (κ2) is 3.25. The van der Waals surface area contributed by atoms with Crippen molar-refractivity contribution in [3.8, 4) is 11.5 Å². The van der Waals surface area contributed by atoms with Crippen molar-refractivity contribution in [2.75, 3.05) is 0 Å². The van der Waals surface area contributed by atoms with Crippen LogP contribution in [-0.4, -0.2) is 15.2 Å². The van der Waals surface area contributed by atoms with Crippen LogP contribution in [0.25, 0.3) is 21.7 Å². The molecule has 4 nitrogen and oxygen atoms in total. The number of phenolic OH excluding ortho intramolecular Hbond substituents is 2. The second-order valence-electron chi connectivity index (χ2n) is 3.85. The molecule has 3 N–H and O–H groups in total. The monoisotopic (exact) mass is 227 g/mol. The van der Waals surface area contributed by atoms with Crippen LogP contribution in [0.5, 0.6) is 11.5 Å². The van der Waals surface area contributed by atoms with Gasteiger partial charge in [0.1, 0.15) is 11.5 Å². The summed E-state index contributed by atoms with van der Waals surface area (Å²) in [5.41, 5.74) is -0.0591. The number of aromatic amines is 1. The normalized spacial score (nSPS) is 11.1. The van der Waals surface area contributed by atoms with E-state index < -0.39 is 0 Å². The maximum absolute atomic E-state index is 11.2. The topological polar surface area (TPSA) is 73.3 Å². The molecule has 0 unspecified atom stereocenters. The fourth-order valence-electron chi connectivity index (χ4n) is 2.03. The van der Waals surface area contributed by atoms with Gasteiger partial charge < -0.3 is 15.2 Å². The van der Waals surface area contributed by atoms with Gasteiger partial charge in [0.2, 0.25) is 5.56 Å². The third kappa shape index (κ3) is 1.27. The predicted molar refractivity (Wildman–Crippen MR) is 65.4 cm³/mol. The number of nitrogens with one attached hydrogen (secondary N) is 1. The number of rotatable bonds is 0. The highest BCUT2D eigenvalue weighted by Gasteiger charge is 2.12. The summed E-state index contributed by atoms with van der Waals surface area (Å²) in [6, 6.07) is 9.75. The molecule has 0 amide bonds. The molecule has 0 fully saturated rings. The molecule has 0 saturated carbocycles. The number of fused-ring (bicyclic) bond motifs is 2. The van der Waals surface area contributed by atoms with Crippen molar-refractivity contribution in [2.24, 2.45) is 0 Å². The molecular weight excluding hydrogens is 218 g/mol. The number of hydrogen-bond donors (Lipinski definition) is 3. The lowest BCUT2D eigenvalue weighted by atomic mass is 10.0. The molecule has 3 rings (SSSR count). The fraction of sp³-hybridized carbons (Fsp3) is 0. The Bertz CT molecular complexity index is 790. The van der Waals surface area contributed by atoms with E-state index in [1.165, 1.54) is 12.1 Å². The molecule has 0 aliphatic carbocycles. The largest absolute Gasteiger partial charge is 0.507 e. The molecule has 3 aromatic rings. The second-order valence-corrected chi connectivity index (χ2v) is 3.85. The summed E-state index contributed by atoms with van der Waals surface area (Å²) in [4.78, 5) is 13.8. The van der Waals surface area contributed by atoms with Gasteiger partial charge in [-0.15, -0.1) is 0 Å². The van der Waals surface area contributed by atoms with Crippen molar-refractivity contribution in [3.63, 3.8) is 0 Å². The van der Waals surface area contributed by atoms with Crippen LogP contribution in [0.4, 0.5) is 0 Å². The zero-order chi connectivity index (χ0) is 12.0. The van der Waals surface area contributed by atoms with Crippen LogP contribution in [0.3, 0.4) is 0 Å². The van der Waals surface area contributed by atoms with E-state index >= 15 is 0 Å². The molecule has 1 aromatic heterocycles. The van der Waals surface area contributed by atoms with Crippen molar-refractivity contribution >= 4 is 21.7 Å². The Hall–Kier alpha value is -2.49. The lowest BCUT2D eigenvalue weighted by Crippen LogP contribution is -2.02. The van der Waals surface area contributed by atoms with Crippen molar-refractivity contribution in [2.45, 2.75) is 0 Å². The van der Waals surface area contributed by atoms with Crippen LogP contribution in [-0.2, 0) is 0 Å². The van der Waals surface area contributed by atoms with E-state index in [9.17, 15) is 15.0 Å². The Morgan fingerprint density at radius 1 is 0.824 bits per heavy atom. The van der Waals surface area contributed by atoms with Gasteiger partial charge in [-0.1, -0.05) is 24.3 Å². The average Bonchev–Trinajstić information content (AvgIpc) is 2.36. The lowest BCUT2D eigenvalue weighted by Gasteiger charge is -2.08. The van der Waals surface area contributed by atoms with Gasteiger partial charge in [-0.3, -0.25) is 4.79 Å². The van der Waals surface area contributed by atoms with Gasteiger partial charge in [0, 0.05) is 22.2 Å². The first-order valence-corrected chi connectivity index (χ1v) is 5.14. The van der Waals surface area contributed by atoms with Gasteiger partial charge in [-0.2, -0.15) is 0 Å². The van der Waals surface area contributed by atoms with E-state index in [-0.39, 0.29) is 22.6 Å². The smallest absolute Gasteiger partial charge is 0.248 e. The summed E-state index contributed by atoms with van der Waals surface area (Å²) in [6.45, 7) is 0. The summed E-state index contributed by atoms with van der Waals surface area (Å²) < 4.78 is 0. The van der Waals surface area contributed by atoms with Crippen molar-refractivity contribution < 1.29 is 10.2 Å². The Morgan fingerprint density at radius 2 is 1.47 bits per heavy atom. The van der Waals surface area contributed by atoms with Gasteiger partial charge in [0.25, 0.3) is 0 Å². The first-order chi connectivity index (χ1) is 8.18. The maximum atomic E-state index is 11.2. The first kappa shape index (κ1) is 9.72. The third-order valence-electron chi connectivity index (χ3n) is 2.85. The predicted octanol–water partition coefficient (Wildman–Crippen LogP) is 2.09. The highest BCUT2D eigenvalue weighted by Crippen LogP contribution is 2.39. The van der Waals surface area contributed by atoms with Crippen LogP contribution in [0.2, 0.25) is 0 Å². The molecule has 0 aliphatic heterocycles. The van der Waals surface area contributed by atoms with Crippen LogP contribution >= 0.6 is 0 Å². The molecule has 0 spiro atoms. The minimum Gasteiger partial charge on any atom is -0.507 e. The Labute approximate surface area is 95.8 Å². The van der Waals surface area contributed by atoms with Gasteiger partial charge in [-0.05, 0) is 6.07 Å². The number of aromatic nitrogens is 1. The van der Waals surface area contributed by atoms with Gasteiger partial charge >= 0.3 is 0 Å². The number of benzene rings is 2. The molecule has 84 valence electrons. The molecule has 4 heteroatoms. The minimum atomic E-state index is -0.317. The number of aromatic hydroxyl groups is 2. The van der Waals surface area contributed by atoms with Crippen LogP contribution in [0.15, 0.2) is 41.2 Å². The Kier molecular flexibility index (Phi) is 1.86. The molecule has 0 bridgehead atoms. The number of H-pyrrole nitrogens is 1. The highest BCUT2D eigenvalue weighted by atomic mass is 16.3. The highest BCUT2D eigenvalue weighted by molar-refractivity contribution is 6.08. The van der Waals surface area contributed by atoms with Crippen LogP contribution < -0.4 is 5.56 Å². The van der Waals surface area contributed by atoms with E-state index in [1.54, 1.807) is 24.3 Å². The summed E-state index contributed by atoms with van der Waals surface area (Å²) in [5.74, 6) is 0.0377. The third-order valence-corrected chi connectivity index (χ3v) is 2.85. The molecule has 1 heterocycles. The lowest BCUT2D eigenvalue weighted by molar-refractivity contribution is 0.477. The molecule has 0 saturated heterocycles. The number of phenols is 2. The zero-order valence-corrected chi connectivity index (χ0v) is 8.77. The summed E-state index contributed by atoms with van der Waals surface area (Å²) >= 11 is 0. The molecule has 2 aromatic carbocycles. The van der Waals surface area contributed by atoms with E-state index in [2.05, 4.69) is 4.98 Å². The molecule has 0 atom stereocenters. The molecule has 0 aliphatic rings. The van der Waals surface area contributed by atoms with E-state index in [0.29, 0.717) is 16.2 Å². The zero-order valence-electron chi connectivity index (χ0n) is 8.77. The maximum Gasteiger partial charge on any atom is 0.248 e. The Balaban J connectivity index is 2.68. The van der Waals surface area contributed by atoms with Crippen molar-refractivity contribution in [1.82, 2.24) is 4.98 Å². The van der Waals surface area contributed by atoms with E-state index in [0.717, 1.165) is 0 Å². The summed E-state index contributed by atoms with van der Waals surface area (Å²) in [7, 11) is 0. The SMILES string of the molecule is O=c1ccc2c(O)c3ccccc3c(O)c2[nH]1. The standard InChI is InChI=1S/C13H9NO3/c15-10-6-5-9-11(14-10)13(17)8-4-2-1-3-7(8)12(9)16/h1-6,16-17H,(H,14,15). The van der Waals surface area contributed by atoms with Crippen LogP contribution in [0, 0.1) is 0 Å². The summed E-state index contributed by atoms with van der Waals surface area (Å²) in [6.07, 6.45) is 0. The minimum absolute atomic E-state index is 0.0221. The van der Waals surface area contributed by atoms with Gasteiger partial charge in [0.05, 0.1) is 5.52 Å². The summed E-state index contributed by atoms with van der Waals surface area (Å²) in [5, 5.41) is 21.7. The first-order valence-electron chi connectivity index (χ1n) is 5.14. The molecule has 0 radical (unpaired) electrons. The molecule has 17 heavy (non-hydrogen) atoms. The fourth-order valence-corrected chi connectivity index (χ4v) is 2.03. The Morgan fingerprint density at radius 3 is 2.18 bits per heavy atom. The van der Waals surface area contributed by atoms with E-state index in [1.807, 2.05) is 0 Å². The van der Waals surface area contributed by atoms with Gasteiger partial charge in [0.15, 0.2) is 0 Å². The quantitative estimate of drug-likeness (QED) is 0.406. The van der Waals surface area contributed by atoms with Crippen molar-refractivity contribution in [3.05, 3.63) is 46.8 Å². The van der Waals surface area contributed by atoms with E-state index in [4.69, 9.17) is 0 Å². The average molecular weight is 227 g/mol. The van der Waals surface area contributed by atoms with Crippen LogP contribution in [0.1, 0.15) is 0 Å². The van der Waals surface area contributed by atoms with Crippen molar-refractivity contribution in [1.29, 1.82) is 0 Å².